The first-order valence-electron chi connectivity index (χ1n) is 8.88. The van der Waals surface area contributed by atoms with Gasteiger partial charge in [0.15, 0.2) is 5.41 Å². The first-order chi connectivity index (χ1) is 13.0. The molecule has 0 aromatic heterocycles. The van der Waals surface area contributed by atoms with Crippen LogP contribution in [0.4, 0.5) is 0 Å². The van der Waals surface area contributed by atoms with Crippen LogP contribution in [0, 0.1) is 56.2 Å². The van der Waals surface area contributed by atoms with E-state index in [0.29, 0.717) is 24.2 Å². The van der Waals surface area contributed by atoms with E-state index in [1.165, 1.54) is 7.11 Å². The van der Waals surface area contributed by atoms with Crippen LogP contribution in [0.3, 0.4) is 0 Å². The molecule has 4 rings (SSSR count). The third-order valence-electron chi connectivity index (χ3n) is 6.24. The number of para-hydroxylation sites is 1. The number of rotatable bonds is 2. The van der Waals surface area contributed by atoms with Gasteiger partial charge in [-0.15, -0.1) is 0 Å². The summed E-state index contributed by atoms with van der Waals surface area (Å²) in [5.74, 6) is -1.56. The topological polar surface area (TPSA) is 123 Å². The second-order valence-electron chi connectivity index (χ2n) is 7.23. The van der Waals surface area contributed by atoms with Crippen LogP contribution < -0.4 is 4.74 Å². The van der Waals surface area contributed by atoms with E-state index in [4.69, 9.17) is 19.6 Å². The monoisotopic (exact) mass is 362 g/mol. The molecule has 1 N–H and O–H groups in total. The average Bonchev–Trinajstić information content (AvgIpc) is 2.92. The van der Waals surface area contributed by atoms with Crippen molar-refractivity contribution in [2.45, 2.75) is 37.6 Å². The number of nitriles is 3. The van der Waals surface area contributed by atoms with Crippen molar-refractivity contribution in [3.8, 4) is 24.0 Å². The fourth-order valence-electron chi connectivity index (χ4n) is 5.02. The zero-order chi connectivity index (χ0) is 19.3. The van der Waals surface area contributed by atoms with E-state index in [-0.39, 0.29) is 5.90 Å². The van der Waals surface area contributed by atoms with Gasteiger partial charge in [-0.25, -0.2) is 0 Å². The molecule has 7 heteroatoms. The van der Waals surface area contributed by atoms with Crippen molar-refractivity contribution in [1.29, 1.82) is 21.2 Å². The van der Waals surface area contributed by atoms with Crippen molar-refractivity contribution < 1.29 is 14.2 Å². The highest BCUT2D eigenvalue weighted by atomic mass is 16.7. The van der Waals surface area contributed by atoms with Crippen molar-refractivity contribution in [3.63, 3.8) is 0 Å². The Bertz CT molecular complexity index is 926. The Kier molecular flexibility index (Phi) is 3.67. The van der Waals surface area contributed by atoms with Crippen LogP contribution >= 0.6 is 0 Å². The Balaban J connectivity index is 2.02. The van der Waals surface area contributed by atoms with Gasteiger partial charge in [0.1, 0.15) is 11.9 Å². The van der Waals surface area contributed by atoms with E-state index < -0.39 is 28.6 Å². The van der Waals surface area contributed by atoms with Gasteiger partial charge in [-0.05, 0) is 18.9 Å². The number of methoxy groups -OCH3 is 1. The van der Waals surface area contributed by atoms with Crippen LogP contribution in [0.5, 0.6) is 5.75 Å². The number of nitrogens with zero attached hydrogens (tertiary/aromatic N) is 3. The molecule has 1 aromatic carbocycles. The SMILES string of the molecule is COc1ccccc1C1OC23CCCCC2C(C#N)(C(=N)O3)C1(C#N)C#N. The zero-order valence-electron chi connectivity index (χ0n) is 14.9. The van der Waals surface area contributed by atoms with Crippen LogP contribution in [-0.2, 0) is 9.47 Å². The molecule has 2 aliphatic heterocycles. The largest absolute Gasteiger partial charge is 0.496 e. The highest BCUT2D eigenvalue weighted by molar-refractivity contribution is 5.89. The minimum atomic E-state index is -1.92. The summed E-state index contributed by atoms with van der Waals surface area (Å²) in [5, 5.41) is 39.0. The van der Waals surface area contributed by atoms with E-state index in [1.807, 2.05) is 0 Å². The maximum absolute atomic E-state index is 10.2. The summed E-state index contributed by atoms with van der Waals surface area (Å²) in [6.45, 7) is 0. The lowest BCUT2D eigenvalue weighted by Crippen LogP contribution is -2.60. The maximum Gasteiger partial charge on any atom is 0.217 e. The second kappa shape index (κ2) is 5.71. The summed E-state index contributed by atoms with van der Waals surface area (Å²) >= 11 is 0. The lowest BCUT2D eigenvalue weighted by molar-refractivity contribution is -0.294. The van der Waals surface area contributed by atoms with Gasteiger partial charge in [0, 0.05) is 12.0 Å². The lowest BCUT2D eigenvalue weighted by Gasteiger charge is -2.51. The summed E-state index contributed by atoms with van der Waals surface area (Å²) in [5.41, 5.74) is -3.10. The molecule has 0 radical (unpaired) electrons. The van der Waals surface area contributed by atoms with E-state index in [0.717, 1.165) is 12.8 Å². The fraction of sp³-hybridized carbons (Fsp3) is 0.500. The predicted molar refractivity (Wildman–Crippen MR) is 92.0 cm³/mol. The number of benzene rings is 1. The first-order valence-corrected chi connectivity index (χ1v) is 8.88. The number of hydrogen-bond donors (Lipinski definition) is 1. The molecule has 7 nitrogen and oxygen atoms in total. The van der Waals surface area contributed by atoms with Crippen molar-refractivity contribution in [3.05, 3.63) is 29.8 Å². The summed E-state index contributed by atoms with van der Waals surface area (Å²) in [6, 6.07) is 13.3. The molecule has 136 valence electrons. The molecule has 27 heavy (non-hydrogen) atoms. The van der Waals surface area contributed by atoms with E-state index in [1.54, 1.807) is 24.3 Å². The van der Waals surface area contributed by atoms with Crippen molar-refractivity contribution in [2.75, 3.05) is 7.11 Å². The molecular weight excluding hydrogens is 344 g/mol. The van der Waals surface area contributed by atoms with Crippen LogP contribution in [0.15, 0.2) is 24.3 Å². The van der Waals surface area contributed by atoms with Crippen LogP contribution in [0.2, 0.25) is 0 Å². The Labute approximate surface area is 157 Å². The number of nitrogens with one attached hydrogen (secondary N) is 1. The average molecular weight is 362 g/mol. The molecule has 2 bridgehead atoms. The Morgan fingerprint density at radius 3 is 2.56 bits per heavy atom. The van der Waals surface area contributed by atoms with E-state index in [2.05, 4.69) is 18.2 Å². The van der Waals surface area contributed by atoms with Crippen molar-refractivity contribution in [1.82, 2.24) is 0 Å². The quantitative estimate of drug-likeness (QED) is 0.861. The molecule has 0 spiro atoms. The molecule has 3 aliphatic rings. The van der Waals surface area contributed by atoms with E-state index >= 15 is 0 Å². The molecule has 3 fully saturated rings. The minimum Gasteiger partial charge on any atom is -0.496 e. The Morgan fingerprint density at radius 1 is 1.15 bits per heavy atom. The third-order valence-corrected chi connectivity index (χ3v) is 6.24. The maximum atomic E-state index is 10.2. The van der Waals surface area contributed by atoms with Crippen molar-refractivity contribution in [2.24, 2.45) is 16.7 Å². The molecule has 1 saturated carbocycles. The van der Waals surface area contributed by atoms with Crippen LogP contribution in [-0.4, -0.2) is 18.8 Å². The Morgan fingerprint density at radius 2 is 1.89 bits per heavy atom. The number of hydrogen-bond acceptors (Lipinski definition) is 7. The molecule has 4 atom stereocenters. The Hall–Kier alpha value is -3.08. The molecule has 2 heterocycles. The normalized spacial score (nSPS) is 35.7. The van der Waals surface area contributed by atoms with Gasteiger partial charge in [-0.3, -0.25) is 5.41 Å². The molecule has 2 saturated heterocycles. The predicted octanol–water partition coefficient (Wildman–Crippen LogP) is 3.20. The van der Waals surface area contributed by atoms with Gasteiger partial charge in [-0.2, -0.15) is 15.8 Å². The zero-order valence-corrected chi connectivity index (χ0v) is 14.9. The number of ether oxygens (including phenoxy) is 3. The smallest absolute Gasteiger partial charge is 0.217 e. The fourth-order valence-corrected chi connectivity index (χ4v) is 5.02. The third kappa shape index (κ3) is 1.84. The molecule has 1 aliphatic carbocycles. The van der Waals surface area contributed by atoms with Gasteiger partial charge in [0.25, 0.3) is 0 Å². The minimum absolute atomic E-state index is 0.336. The summed E-state index contributed by atoms with van der Waals surface area (Å²) in [6.07, 6.45) is 1.68. The summed E-state index contributed by atoms with van der Waals surface area (Å²) in [7, 11) is 1.50. The highest BCUT2D eigenvalue weighted by Crippen LogP contribution is 2.69. The lowest BCUT2D eigenvalue weighted by atomic mass is 9.51. The highest BCUT2D eigenvalue weighted by Gasteiger charge is 2.80. The molecule has 4 unspecified atom stereocenters. The van der Waals surface area contributed by atoms with Gasteiger partial charge in [0.2, 0.25) is 17.1 Å². The van der Waals surface area contributed by atoms with Gasteiger partial charge < -0.3 is 14.2 Å². The van der Waals surface area contributed by atoms with Crippen molar-refractivity contribution >= 4 is 5.90 Å². The van der Waals surface area contributed by atoms with Gasteiger partial charge in [0.05, 0.1) is 31.2 Å². The molecular formula is C20H18N4O3. The summed E-state index contributed by atoms with van der Waals surface area (Å²) < 4.78 is 17.6. The first kappa shape index (κ1) is 17.3. The molecule has 1 aromatic rings. The second-order valence-corrected chi connectivity index (χ2v) is 7.23. The van der Waals surface area contributed by atoms with Gasteiger partial charge in [-0.1, -0.05) is 24.6 Å². The van der Waals surface area contributed by atoms with Gasteiger partial charge >= 0.3 is 0 Å². The molecule has 0 amide bonds. The van der Waals surface area contributed by atoms with E-state index in [9.17, 15) is 15.8 Å². The van der Waals surface area contributed by atoms with Crippen LogP contribution in [0.25, 0.3) is 0 Å². The standard InChI is InChI=1S/C20H18N4O3/c1-25-14-7-3-2-6-13(14)16-18(10-21,11-22)19(12-23)15-8-4-5-9-20(15,26-16)27-17(19)24/h2-3,6-7,15-16,24H,4-5,8-9H2,1H3. The van der Waals surface area contributed by atoms with Crippen LogP contribution in [0.1, 0.15) is 37.4 Å². The summed E-state index contributed by atoms with van der Waals surface area (Å²) in [4.78, 5) is 0.